The highest BCUT2D eigenvalue weighted by atomic mass is 32.1. The number of thiocarbonyl (C=S) groups is 1. The molecule has 4 nitrogen and oxygen atoms in total. The van der Waals surface area contributed by atoms with E-state index in [2.05, 4.69) is 10.6 Å². The Labute approximate surface area is 133 Å². The standard InChI is InChI=1S/C16H15FN2O2S/c1-9-6-10(2)14(20)13(7-9)18-16(22)19-15(21)11-4-3-5-12(17)8-11/h3-8,20H,1-2H3,(H2,18,19,21,22). The zero-order valence-electron chi connectivity index (χ0n) is 12.1. The molecule has 1 amide bonds. The number of hydrogen-bond acceptors (Lipinski definition) is 3. The smallest absolute Gasteiger partial charge is 0.257 e. The zero-order chi connectivity index (χ0) is 16.3. The van der Waals surface area contributed by atoms with Crippen molar-refractivity contribution in [2.45, 2.75) is 13.8 Å². The van der Waals surface area contributed by atoms with Crippen LogP contribution in [0.5, 0.6) is 5.75 Å². The summed E-state index contributed by atoms with van der Waals surface area (Å²) in [4.78, 5) is 11.9. The van der Waals surface area contributed by atoms with Gasteiger partial charge in [-0.2, -0.15) is 0 Å². The molecule has 2 aromatic rings. The van der Waals surface area contributed by atoms with Crippen molar-refractivity contribution in [1.82, 2.24) is 5.32 Å². The first-order valence-corrected chi connectivity index (χ1v) is 6.96. The number of aromatic hydroxyl groups is 1. The van der Waals surface area contributed by atoms with Crippen LogP contribution in [0.4, 0.5) is 10.1 Å². The van der Waals surface area contributed by atoms with Gasteiger partial charge >= 0.3 is 0 Å². The number of nitrogens with one attached hydrogen (secondary N) is 2. The zero-order valence-corrected chi connectivity index (χ0v) is 12.9. The molecule has 0 atom stereocenters. The summed E-state index contributed by atoms with van der Waals surface area (Å²) in [7, 11) is 0. The van der Waals surface area contributed by atoms with E-state index in [1.54, 1.807) is 13.0 Å². The lowest BCUT2D eigenvalue weighted by Gasteiger charge is -2.13. The molecular weight excluding hydrogens is 303 g/mol. The largest absolute Gasteiger partial charge is 0.505 e. The van der Waals surface area contributed by atoms with Crippen molar-refractivity contribution in [3.05, 3.63) is 58.9 Å². The van der Waals surface area contributed by atoms with Crippen molar-refractivity contribution in [2.24, 2.45) is 0 Å². The lowest BCUT2D eigenvalue weighted by Crippen LogP contribution is -2.34. The highest BCUT2D eigenvalue weighted by Crippen LogP contribution is 2.28. The molecule has 2 rings (SSSR count). The van der Waals surface area contributed by atoms with Crippen molar-refractivity contribution in [2.75, 3.05) is 5.32 Å². The van der Waals surface area contributed by atoms with Gasteiger partial charge in [-0.1, -0.05) is 12.1 Å². The topological polar surface area (TPSA) is 61.4 Å². The predicted molar refractivity (Wildman–Crippen MR) is 87.7 cm³/mol. The molecule has 0 saturated heterocycles. The molecule has 0 bridgehead atoms. The molecular formula is C16H15FN2O2S. The normalized spacial score (nSPS) is 10.1. The van der Waals surface area contributed by atoms with Gasteiger partial charge in [0.25, 0.3) is 5.91 Å². The lowest BCUT2D eigenvalue weighted by molar-refractivity contribution is 0.0977. The molecule has 22 heavy (non-hydrogen) atoms. The molecule has 0 saturated carbocycles. The van der Waals surface area contributed by atoms with Crippen LogP contribution in [0.15, 0.2) is 36.4 Å². The quantitative estimate of drug-likeness (QED) is 0.587. The Morgan fingerprint density at radius 1 is 1.23 bits per heavy atom. The second-order valence-electron chi connectivity index (χ2n) is 4.90. The van der Waals surface area contributed by atoms with Gasteiger partial charge in [0.1, 0.15) is 11.6 Å². The number of benzene rings is 2. The Bertz CT molecular complexity index is 747. The maximum Gasteiger partial charge on any atom is 0.257 e. The fourth-order valence-electron chi connectivity index (χ4n) is 2.01. The summed E-state index contributed by atoms with van der Waals surface area (Å²) in [5.74, 6) is -0.965. The van der Waals surface area contributed by atoms with Crippen molar-refractivity contribution in [3.8, 4) is 5.75 Å². The first kappa shape index (κ1) is 15.9. The van der Waals surface area contributed by atoms with Crippen molar-refractivity contribution in [1.29, 1.82) is 0 Å². The molecule has 2 aromatic carbocycles. The van der Waals surface area contributed by atoms with Gasteiger partial charge < -0.3 is 10.4 Å². The summed E-state index contributed by atoms with van der Waals surface area (Å²) in [5, 5.41) is 15.2. The number of carbonyl (C=O) groups excluding carboxylic acids is 1. The van der Waals surface area contributed by atoms with Crippen LogP contribution in [0.3, 0.4) is 0 Å². The molecule has 0 aliphatic rings. The molecule has 0 unspecified atom stereocenters. The van der Waals surface area contributed by atoms with Crippen LogP contribution < -0.4 is 10.6 Å². The summed E-state index contributed by atoms with van der Waals surface area (Å²) in [6.45, 7) is 3.65. The minimum atomic E-state index is -0.527. The summed E-state index contributed by atoms with van der Waals surface area (Å²) < 4.78 is 13.1. The fourth-order valence-corrected chi connectivity index (χ4v) is 2.22. The Morgan fingerprint density at radius 3 is 2.64 bits per heavy atom. The number of halogens is 1. The second kappa shape index (κ2) is 6.53. The van der Waals surface area contributed by atoms with Gasteiger partial charge in [-0.15, -0.1) is 0 Å². The van der Waals surface area contributed by atoms with Crippen LogP contribution in [0.25, 0.3) is 0 Å². The van der Waals surface area contributed by atoms with Gasteiger partial charge in [-0.3, -0.25) is 10.1 Å². The summed E-state index contributed by atoms with van der Waals surface area (Å²) in [6.07, 6.45) is 0. The maximum atomic E-state index is 13.1. The Balaban J connectivity index is 2.09. The van der Waals surface area contributed by atoms with Crippen molar-refractivity contribution >= 4 is 28.9 Å². The van der Waals surface area contributed by atoms with Crippen LogP contribution >= 0.6 is 12.2 Å². The van der Waals surface area contributed by atoms with E-state index >= 15 is 0 Å². The molecule has 0 spiro atoms. The van der Waals surface area contributed by atoms with Crippen LogP contribution in [-0.2, 0) is 0 Å². The lowest BCUT2D eigenvalue weighted by atomic mass is 10.1. The van der Waals surface area contributed by atoms with Gasteiger partial charge in [-0.25, -0.2) is 4.39 Å². The number of aryl methyl sites for hydroxylation is 2. The van der Waals surface area contributed by atoms with Crippen LogP contribution in [-0.4, -0.2) is 16.1 Å². The molecule has 0 fully saturated rings. The van der Waals surface area contributed by atoms with Crippen molar-refractivity contribution < 1.29 is 14.3 Å². The van der Waals surface area contributed by atoms with Gasteiger partial charge in [-0.05, 0) is 61.5 Å². The van der Waals surface area contributed by atoms with E-state index in [4.69, 9.17) is 12.2 Å². The molecule has 0 aromatic heterocycles. The Morgan fingerprint density at radius 2 is 1.95 bits per heavy atom. The van der Waals surface area contributed by atoms with E-state index in [-0.39, 0.29) is 16.4 Å². The van der Waals surface area contributed by atoms with Crippen LogP contribution in [0, 0.1) is 19.7 Å². The number of hydrogen-bond donors (Lipinski definition) is 3. The van der Waals surface area contributed by atoms with E-state index in [1.165, 1.54) is 18.2 Å². The SMILES string of the molecule is Cc1cc(C)c(O)c(NC(=S)NC(=O)c2cccc(F)c2)c1. The number of amides is 1. The van der Waals surface area contributed by atoms with Gasteiger partial charge in [0.2, 0.25) is 0 Å². The Kier molecular flexibility index (Phi) is 4.72. The minimum absolute atomic E-state index is 0.0227. The number of phenols is 1. The van der Waals surface area contributed by atoms with E-state index in [9.17, 15) is 14.3 Å². The third-order valence-corrected chi connectivity index (χ3v) is 3.21. The van der Waals surface area contributed by atoms with Gasteiger partial charge in [0, 0.05) is 5.56 Å². The highest BCUT2D eigenvalue weighted by Gasteiger charge is 2.11. The minimum Gasteiger partial charge on any atom is -0.505 e. The van der Waals surface area contributed by atoms with Crippen LogP contribution in [0.2, 0.25) is 0 Å². The summed E-state index contributed by atoms with van der Waals surface area (Å²) in [5.41, 5.74) is 2.20. The van der Waals surface area contributed by atoms with E-state index in [0.29, 0.717) is 11.3 Å². The van der Waals surface area contributed by atoms with E-state index in [0.717, 1.165) is 11.6 Å². The average molecular weight is 318 g/mol. The number of phenolic OH excluding ortho intramolecular Hbond substituents is 1. The second-order valence-corrected chi connectivity index (χ2v) is 5.30. The average Bonchev–Trinajstić information content (AvgIpc) is 2.44. The summed E-state index contributed by atoms with van der Waals surface area (Å²) >= 11 is 5.04. The Hall–Kier alpha value is -2.47. The molecule has 3 N–H and O–H groups in total. The maximum absolute atomic E-state index is 13.1. The van der Waals surface area contributed by atoms with Crippen LogP contribution in [0.1, 0.15) is 21.5 Å². The fraction of sp³-hybridized carbons (Fsp3) is 0.125. The first-order valence-electron chi connectivity index (χ1n) is 6.55. The van der Waals surface area contributed by atoms with E-state index < -0.39 is 11.7 Å². The molecule has 0 aliphatic carbocycles. The van der Waals surface area contributed by atoms with Gasteiger partial charge in [0.15, 0.2) is 5.11 Å². The monoisotopic (exact) mass is 318 g/mol. The number of carbonyl (C=O) groups is 1. The highest BCUT2D eigenvalue weighted by molar-refractivity contribution is 7.80. The molecule has 114 valence electrons. The van der Waals surface area contributed by atoms with Crippen molar-refractivity contribution in [3.63, 3.8) is 0 Å². The molecule has 0 radical (unpaired) electrons. The van der Waals surface area contributed by atoms with E-state index in [1.807, 2.05) is 13.0 Å². The predicted octanol–water partition coefficient (Wildman–Crippen LogP) is 3.27. The third kappa shape index (κ3) is 3.79. The molecule has 0 aliphatic heterocycles. The molecule has 0 heterocycles. The van der Waals surface area contributed by atoms with Gasteiger partial charge in [0.05, 0.1) is 5.69 Å². The third-order valence-electron chi connectivity index (χ3n) is 3.01. The summed E-state index contributed by atoms with van der Waals surface area (Å²) in [6, 6.07) is 8.83. The number of anilines is 1. The first-order chi connectivity index (χ1) is 10.4. The molecule has 6 heteroatoms. The number of rotatable bonds is 2.